The summed E-state index contributed by atoms with van der Waals surface area (Å²) in [5.74, 6) is -0.218. The van der Waals surface area contributed by atoms with Gasteiger partial charge < -0.3 is 20.1 Å². The van der Waals surface area contributed by atoms with Crippen LogP contribution in [0.2, 0.25) is 0 Å². The van der Waals surface area contributed by atoms with Gasteiger partial charge in [-0.25, -0.2) is 0 Å². The largest absolute Gasteiger partial charge is 0.494 e. The normalized spacial score (nSPS) is 20.0. The second kappa shape index (κ2) is 8.42. The molecular weight excluding hydrogens is 428 g/mol. The fourth-order valence-corrected chi connectivity index (χ4v) is 4.83. The number of anilines is 1. The minimum absolute atomic E-state index is 0.0564. The Morgan fingerprint density at radius 2 is 2.12 bits per heavy atom. The lowest BCUT2D eigenvalue weighted by Gasteiger charge is -2.30. The summed E-state index contributed by atoms with van der Waals surface area (Å²) in [6.45, 7) is 5.72. The van der Waals surface area contributed by atoms with Crippen LogP contribution in [0.4, 0.5) is 5.69 Å². The number of nitrogens with one attached hydrogen (secondary N) is 2. The van der Waals surface area contributed by atoms with E-state index in [0.717, 1.165) is 65.6 Å². The number of amides is 1. The maximum Gasteiger partial charge on any atom is 0.310 e. The third kappa shape index (κ3) is 4.14. The predicted octanol–water partition coefficient (Wildman–Crippen LogP) is 2.71. The summed E-state index contributed by atoms with van der Waals surface area (Å²) in [6, 6.07) is 7.63. The number of rotatable bonds is 5. The first-order valence-electron chi connectivity index (χ1n) is 10.5. The molecule has 3 aromatic rings. The van der Waals surface area contributed by atoms with Gasteiger partial charge in [-0.3, -0.25) is 19.1 Å². The van der Waals surface area contributed by atoms with Crippen molar-refractivity contribution in [2.24, 2.45) is 0 Å². The smallest absolute Gasteiger partial charge is 0.310 e. The molecule has 0 bridgehead atoms. The van der Waals surface area contributed by atoms with Gasteiger partial charge in [0.05, 0.1) is 30.2 Å². The van der Waals surface area contributed by atoms with E-state index in [1.54, 1.807) is 0 Å². The highest BCUT2D eigenvalue weighted by Crippen LogP contribution is 2.34. The molecule has 1 amide bonds. The van der Waals surface area contributed by atoms with Crippen molar-refractivity contribution in [3.8, 4) is 5.88 Å². The first-order chi connectivity index (χ1) is 15.5. The van der Waals surface area contributed by atoms with Gasteiger partial charge in [-0.05, 0) is 42.3 Å². The van der Waals surface area contributed by atoms with Crippen molar-refractivity contribution in [3.05, 3.63) is 67.9 Å². The third-order valence-electron chi connectivity index (χ3n) is 5.77. The highest BCUT2D eigenvalue weighted by atomic mass is 32.1. The van der Waals surface area contributed by atoms with E-state index in [1.165, 1.54) is 9.95 Å². The monoisotopic (exact) mass is 452 g/mol. The van der Waals surface area contributed by atoms with E-state index in [-0.39, 0.29) is 29.3 Å². The van der Waals surface area contributed by atoms with Gasteiger partial charge in [0.1, 0.15) is 0 Å². The molecule has 166 valence electrons. The van der Waals surface area contributed by atoms with Gasteiger partial charge >= 0.3 is 4.87 Å². The van der Waals surface area contributed by atoms with Crippen LogP contribution in [0.25, 0.3) is 11.6 Å². The van der Waals surface area contributed by atoms with Crippen molar-refractivity contribution < 1.29 is 14.6 Å². The van der Waals surface area contributed by atoms with Gasteiger partial charge in [0.15, 0.2) is 0 Å². The molecule has 4 heterocycles. The minimum atomic E-state index is -0.221. The number of aromatic hydroxyl groups is 1. The number of hydrogen-bond donors (Lipinski definition) is 3. The number of aromatic amines is 1. The first kappa shape index (κ1) is 20.7. The second-order valence-electron chi connectivity index (χ2n) is 8.22. The molecule has 0 aliphatic carbocycles. The molecule has 1 aromatic carbocycles. The van der Waals surface area contributed by atoms with Crippen LogP contribution in [0.1, 0.15) is 29.3 Å². The fourth-order valence-electron chi connectivity index (χ4n) is 4.21. The topological polar surface area (TPSA) is 99.6 Å². The molecule has 32 heavy (non-hydrogen) atoms. The number of morpholine rings is 1. The molecule has 3 N–H and O–H groups in total. The number of carbonyl (C=O) groups is 1. The van der Waals surface area contributed by atoms with E-state index < -0.39 is 0 Å². The lowest BCUT2D eigenvalue weighted by molar-refractivity contribution is -0.110. The highest BCUT2D eigenvalue weighted by Gasteiger charge is 2.25. The van der Waals surface area contributed by atoms with E-state index in [0.29, 0.717) is 5.57 Å². The van der Waals surface area contributed by atoms with E-state index in [9.17, 15) is 14.7 Å². The molecule has 8 nitrogen and oxygen atoms in total. The van der Waals surface area contributed by atoms with Crippen LogP contribution in [0.5, 0.6) is 5.88 Å². The van der Waals surface area contributed by atoms with Gasteiger partial charge in [-0.1, -0.05) is 17.4 Å². The van der Waals surface area contributed by atoms with Crippen molar-refractivity contribution in [2.45, 2.75) is 26.1 Å². The lowest BCUT2D eigenvalue weighted by atomic mass is 10.0. The Hall–Kier alpha value is -3.14. The Morgan fingerprint density at radius 3 is 2.91 bits per heavy atom. The molecule has 0 spiro atoms. The number of aromatic nitrogens is 2. The van der Waals surface area contributed by atoms with E-state index in [1.807, 2.05) is 30.5 Å². The fraction of sp³-hybridized carbons (Fsp3) is 0.304. The van der Waals surface area contributed by atoms with E-state index in [2.05, 4.69) is 28.2 Å². The summed E-state index contributed by atoms with van der Waals surface area (Å²) < 4.78 is 6.91. The summed E-state index contributed by atoms with van der Waals surface area (Å²) in [5, 5.41) is 14.2. The Kier molecular flexibility index (Phi) is 5.46. The van der Waals surface area contributed by atoms with Gasteiger partial charge in [-0.15, -0.1) is 0 Å². The standard InChI is InChI=1S/C23H24N4O4S/c1-14-10-26(4-5-31-14)11-16-6-17(24-9-16)8-19-18-7-15(2-3-20(18)25-22(19)29)12-27-21(28)13-32-23(27)30/h2-3,6-9,13-14,24,28H,4-5,10-12H2,1H3,(H,25,29). The maximum atomic E-state index is 12.6. The third-order valence-corrected chi connectivity index (χ3v) is 6.52. The Bertz CT molecular complexity index is 1250. The molecule has 0 saturated carbocycles. The SMILES string of the molecule is CC1CN(Cc2c[nH]c(C=C3C(=O)Nc4ccc(Cn5c(O)csc5=O)cc43)c2)CCO1. The molecule has 0 radical (unpaired) electrons. The Balaban J connectivity index is 1.38. The van der Waals surface area contributed by atoms with E-state index in [4.69, 9.17) is 4.74 Å². The Labute approximate surface area is 188 Å². The lowest BCUT2D eigenvalue weighted by Crippen LogP contribution is -2.40. The van der Waals surface area contributed by atoms with Crippen LogP contribution in [-0.4, -0.2) is 51.3 Å². The molecule has 1 atom stereocenters. The van der Waals surface area contributed by atoms with Gasteiger partial charge in [0.2, 0.25) is 5.88 Å². The summed E-state index contributed by atoms with van der Waals surface area (Å²) in [4.78, 5) is 30.0. The quantitative estimate of drug-likeness (QED) is 0.517. The average molecular weight is 453 g/mol. The molecule has 2 aliphatic rings. The van der Waals surface area contributed by atoms with Crippen molar-refractivity contribution in [3.63, 3.8) is 0 Å². The van der Waals surface area contributed by atoms with Crippen LogP contribution >= 0.6 is 11.3 Å². The zero-order valence-electron chi connectivity index (χ0n) is 17.6. The first-order valence-corrected chi connectivity index (χ1v) is 11.4. The number of nitrogens with zero attached hydrogens (tertiary/aromatic N) is 2. The summed E-state index contributed by atoms with van der Waals surface area (Å²) in [6.07, 6.45) is 4.07. The maximum absolute atomic E-state index is 12.6. The molecule has 1 saturated heterocycles. The Morgan fingerprint density at radius 1 is 1.25 bits per heavy atom. The number of hydrogen-bond acceptors (Lipinski definition) is 6. The van der Waals surface area contributed by atoms with Crippen LogP contribution in [0, 0.1) is 0 Å². The van der Waals surface area contributed by atoms with Gasteiger partial charge in [-0.2, -0.15) is 0 Å². The number of H-pyrrole nitrogens is 1. The molecule has 1 fully saturated rings. The van der Waals surface area contributed by atoms with Crippen molar-refractivity contribution >= 4 is 34.6 Å². The van der Waals surface area contributed by atoms with Crippen molar-refractivity contribution in [1.29, 1.82) is 0 Å². The van der Waals surface area contributed by atoms with Gasteiger partial charge in [0.25, 0.3) is 5.91 Å². The van der Waals surface area contributed by atoms with Crippen LogP contribution in [0.15, 0.2) is 40.6 Å². The number of carbonyl (C=O) groups excluding carboxylic acids is 1. The van der Waals surface area contributed by atoms with E-state index >= 15 is 0 Å². The van der Waals surface area contributed by atoms with Crippen molar-refractivity contribution in [1.82, 2.24) is 14.5 Å². The molecule has 5 rings (SSSR count). The number of thiazole rings is 1. The number of ether oxygens (including phenoxy) is 1. The zero-order chi connectivity index (χ0) is 22.2. The number of benzene rings is 1. The summed E-state index contributed by atoms with van der Waals surface area (Å²) in [7, 11) is 0. The average Bonchev–Trinajstić information content (AvgIpc) is 3.43. The summed E-state index contributed by atoms with van der Waals surface area (Å²) in [5.41, 5.74) is 4.93. The summed E-state index contributed by atoms with van der Waals surface area (Å²) >= 11 is 0.958. The predicted molar refractivity (Wildman–Crippen MR) is 124 cm³/mol. The zero-order valence-corrected chi connectivity index (χ0v) is 18.4. The van der Waals surface area contributed by atoms with Crippen LogP contribution in [0.3, 0.4) is 0 Å². The molecule has 2 aromatic heterocycles. The molecule has 9 heteroatoms. The van der Waals surface area contributed by atoms with Crippen LogP contribution < -0.4 is 10.2 Å². The van der Waals surface area contributed by atoms with Crippen molar-refractivity contribution in [2.75, 3.05) is 25.0 Å². The molecule has 1 unspecified atom stereocenters. The molecule has 2 aliphatic heterocycles. The van der Waals surface area contributed by atoms with Crippen LogP contribution in [-0.2, 0) is 22.6 Å². The number of fused-ring (bicyclic) bond motifs is 1. The highest BCUT2D eigenvalue weighted by molar-refractivity contribution is 7.07. The minimum Gasteiger partial charge on any atom is -0.494 e. The molecular formula is C23H24N4O4S. The second-order valence-corrected chi connectivity index (χ2v) is 9.04. The van der Waals surface area contributed by atoms with Gasteiger partial charge in [0, 0.05) is 42.8 Å².